The zero-order valence-electron chi connectivity index (χ0n) is 13.2. The van der Waals surface area contributed by atoms with Crippen LogP contribution in [0.4, 0.5) is 4.39 Å². The molecule has 0 amide bonds. The van der Waals surface area contributed by atoms with Gasteiger partial charge in [-0.05, 0) is 57.9 Å². The van der Waals surface area contributed by atoms with Crippen molar-refractivity contribution in [2.75, 3.05) is 19.7 Å². The number of hydrogen-bond donors (Lipinski definition) is 1. The van der Waals surface area contributed by atoms with E-state index in [1.807, 2.05) is 32.9 Å². The minimum Gasteiger partial charge on any atom is -0.389 e. The molecule has 2 unspecified atom stereocenters. The molecule has 1 saturated heterocycles. The molecule has 21 heavy (non-hydrogen) atoms. The van der Waals surface area contributed by atoms with Crippen molar-refractivity contribution in [2.45, 2.75) is 51.4 Å². The van der Waals surface area contributed by atoms with E-state index in [4.69, 9.17) is 4.74 Å². The largest absolute Gasteiger partial charge is 0.389 e. The summed E-state index contributed by atoms with van der Waals surface area (Å²) in [5.74, 6) is -0.207. The van der Waals surface area contributed by atoms with E-state index in [1.54, 1.807) is 0 Å². The monoisotopic (exact) mass is 295 g/mol. The van der Waals surface area contributed by atoms with Crippen molar-refractivity contribution in [1.29, 1.82) is 0 Å². The van der Waals surface area contributed by atoms with E-state index in [9.17, 15) is 9.50 Å². The third kappa shape index (κ3) is 5.06. The zero-order valence-corrected chi connectivity index (χ0v) is 13.2. The fraction of sp³-hybridized carbons (Fsp3) is 0.647. The molecule has 2 rings (SSSR count). The maximum Gasteiger partial charge on any atom is 0.123 e. The molecule has 1 aliphatic rings. The number of rotatable bonds is 5. The van der Waals surface area contributed by atoms with Gasteiger partial charge in [0.05, 0.1) is 18.3 Å². The van der Waals surface area contributed by atoms with E-state index in [-0.39, 0.29) is 17.5 Å². The third-order valence-electron chi connectivity index (χ3n) is 3.77. The molecule has 4 heteroatoms. The summed E-state index contributed by atoms with van der Waals surface area (Å²) in [4.78, 5) is 2.27. The molecular formula is C17H26FNO2. The average molecular weight is 295 g/mol. The lowest BCUT2D eigenvalue weighted by molar-refractivity contribution is -0.0569. The number of halogens is 1. The number of β-amino-alcohol motifs (C(OH)–C–C–N with tert-alkyl or cyclic N) is 1. The number of hydrogen-bond acceptors (Lipinski definition) is 3. The molecule has 1 aliphatic heterocycles. The van der Waals surface area contributed by atoms with Crippen LogP contribution in [0, 0.1) is 5.82 Å². The summed E-state index contributed by atoms with van der Waals surface area (Å²) >= 11 is 0. The van der Waals surface area contributed by atoms with E-state index in [2.05, 4.69) is 4.90 Å². The Hall–Kier alpha value is -0.970. The highest BCUT2D eigenvalue weighted by atomic mass is 19.1. The Morgan fingerprint density at radius 3 is 2.62 bits per heavy atom. The second-order valence-electron chi connectivity index (χ2n) is 6.78. The van der Waals surface area contributed by atoms with Gasteiger partial charge in [-0.15, -0.1) is 0 Å². The minimum atomic E-state index is -0.495. The van der Waals surface area contributed by atoms with E-state index in [1.165, 1.54) is 12.1 Å². The predicted octanol–water partition coefficient (Wildman–Crippen LogP) is 3.14. The lowest BCUT2D eigenvalue weighted by Crippen LogP contribution is -2.36. The predicted molar refractivity (Wildman–Crippen MR) is 81.7 cm³/mol. The van der Waals surface area contributed by atoms with Crippen molar-refractivity contribution < 1.29 is 14.2 Å². The van der Waals surface area contributed by atoms with Gasteiger partial charge in [0.2, 0.25) is 0 Å². The number of ether oxygens (including phenoxy) is 1. The first-order valence-corrected chi connectivity index (χ1v) is 7.67. The maximum atomic E-state index is 13.0. The summed E-state index contributed by atoms with van der Waals surface area (Å²) < 4.78 is 18.7. The van der Waals surface area contributed by atoms with Crippen molar-refractivity contribution in [2.24, 2.45) is 0 Å². The van der Waals surface area contributed by atoms with Gasteiger partial charge < -0.3 is 9.84 Å². The number of nitrogens with zero attached hydrogens (tertiary/aromatic N) is 1. The fourth-order valence-corrected chi connectivity index (χ4v) is 2.78. The second kappa shape index (κ2) is 6.86. The van der Waals surface area contributed by atoms with Crippen molar-refractivity contribution in [1.82, 2.24) is 4.90 Å². The summed E-state index contributed by atoms with van der Waals surface area (Å²) in [7, 11) is 0. The summed E-state index contributed by atoms with van der Waals surface area (Å²) in [6.45, 7) is 7.85. The molecule has 1 N–H and O–H groups in total. The summed E-state index contributed by atoms with van der Waals surface area (Å²) in [5, 5.41) is 10.2. The first-order valence-electron chi connectivity index (χ1n) is 7.67. The number of benzene rings is 1. The first kappa shape index (κ1) is 16.4. The Bertz CT molecular complexity index is 441. The molecule has 1 aromatic rings. The Balaban J connectivity index is 1.91. The van der Waals surface area contributed by atoms with Gasteiger partial charge in [-0.25, -0.2) is 4.39 Å². The van der Waals surface area contributed by atoms with Gasteiger partial charge in [0.1, 0.15) is 5.82 Å². The van der Waals surface area contributed by atoms with Crippen molar-refractivity contribution in [3.8, 4) is 0 Å². The van der Waals surface area contributed by atoms with Crippen molar-refractivity contribution in [3.05, 3.63) is 35.6 Å². The normalized spacial score (nSPS) is 21.7. The van der Waals surface area contributed by atoms with Crippen molar-refractivity contribution >= 4 is 0 Å². The van der Waals surface area contributed by atoms with Crippen molar-refractivity contribution in [3.63, 3.8) is 0 Å². The molecule has 0 spiro atoms. The van der Waals surface area contributed by atoms with E-state index in [0.29, 0.717) is 13.2 Å². The highest BCUT2D eigenvalue weighted by Crippen LogP contribution is 2.31. The van der Waals surface area contributed by atoms with Crippen LogP contribution in [-0.4, -0.2) is 41.4 Å². The Labute approximate surface area is 126 Å². The van der Waals surface area contributed by atoms with Gasteiger partial charge >= 0.3 is 0 Å². The summed E-state index contributed by atoms with van der Waals surface area (Å²) in [6, 6.07) is 6.97. The molecule has 0 saturated carbocycles. The molecule has 0 radical (unpaired) electrons. The molecule has 0 aliphatic carbocycles. The quantitative estimate of drug-likeness (QED) is 0.906. The van der Waals surface area contributed by atoms with Crippen LogP contribution in [0.15, 0.2) is 24.3 Å². The van der Waals surface area contributed by atoms with Gasteiger partial charge in [0.15, 0.2) is 0 Å². The smallest absolute Gasteiger partial charge is 0.123 e. The van der Waals surface area contributed by atoms with Gasteiger partial charge in [0.25, 0.3) is 0 Å². The standard InChI is InChI=1S/C17H26FNO2/c1-17(2,3)21-12-15(20)11-19-10-4-5-16(19)13-6-8-14(18)9-7-13/h6-9,15-16,20H,4-5,10-12H2,1-3H3. The summed E-state index contributed by atoms with van der Waals surface area (Å²) in [6.07, 6.45) is 1.66. The third-order valence-corrected chi connectivity index (χ3v) is 3.77. The first-order chi connectivity index (χ1) is 9.85. The highest BCUT2D eigenvalue weighted by molar-refractivity contribution is 5.21. The van der Waals surface area contributed by atoms with Crippen LogP contribution in [0.5, 0.6) is 0 Å². The molecule has 118 valence electrons. The molecule has 1 heterocycles. The van der Waals surface area contributed by atoms with Crippen LogP contribution in [0.25, 0.3) is 0 Å². The van der Waals surface area contributed by atoms with E-state index >= 15 is 0 Å². The van der Waals surface area contributed by atoms with Gasteiger partial charge in [-0.1, -0.05) is 12.1 Å². The number of aliphatic hydroxyl groups is 1. The van der Waals surface area contributed by atoms with Gasteiger partial charge in [-0.3, -0.25) is 4.90 Å². The highest BCUT2D eigenvalue weighted by Gasteiger charge is 2.28. The molecule has 3 nitrogen and oxygen atoms in total. The number of likely N-dealkylation sites (tertiary alicyclic amines) is 1. The van der Waals surface area contributed by atoms with Crippen LogP contribution in [0.1, 0.15) is 45.2 Å². The molecule has 0 bridgehead atoms. The SMILES string of the molecule is CC(C)(C)OCC(O)CN1CCCC1c1ccc(F)cc1. The molecule has 0 aromatic heterocycles. The van der Waals surface area contributed by atoms with Crippen LogP contribution in [0.2, 0.25) is 0 Å². The van der Waals surface area contributed by atoms with Gasteiger partial charge in [-0.2, -0.15) is 0 Å². The van der Waals surface area contributed by atoms with E-state index in [0.717, 1.165) is 24.9 Å². The van der Waals surface area contributed by atoms with Gasteiger partial charge in [0, 0.05) is 12.6 Å². The summed E-state index contributed by atoms with van der Waals surface area (Å²) in [5.41, 5.74) is 0.889. The number of aliphatic hydroxyl groups excluding tert-OH is 1. The Morgan fingerprint density at radius 1 is 1.33 bits per heavy atom. The second-order valence-corrected chi connectivity index (χ2v) is 6.78. The minimum absolute atomic E-state index is 0.207. The van der Waals surface area contributed by atoms with Crippen LogP contribution < -0.4 is 0 Å². The van der Waals surface area contributed by atoms with Crippen LogP contribution >= 0.6 is 0 Å². The fourth-order valence-electron chi connectivity index (χ4n) is 2.78. The van der Waals surface area contributed by atoms with E-state index < -0.39 is 6.10 Å². The maximum absolute atomic E-state index is 13.0. The zero-order chi connectivity index (χ0) is 15.5. The average Bonchev–Trinajstić information content (AvgIpc) is 2.85. The molecule has 1 fully saturated rings. The Kier molecular flexibility index (Phi) is 5.36. The lowest BCUT2D eigenvalue weighted by Gasteiger charge is -2.28. The van der Waals surface area contributed by atoms with Crippen LogP contribution in [0.3, 0.4) is 0 Å². The topological polar surface area (TPSA) is 32.7 Å². The molecule has 2 atom stereocenters. The Morgan fingerprint density at radius 2 is 2.00 bits per heavy atom. The molecule has 1 aromatic carbocycles. The molecular weight excluding hydrogens is 269 g/mol. The van der Waals surface area contributed by atoms with Crippen LogP contribution in [-0.2, 0) is 4.74 Å². The lowest BCUT2D eigenvalue weighted by atomic mass is 10.0.